The number of hydrogen-bond acceptors (Lipinski definition) is 7. The van der Waals surface area contributed by atoms with Crippen molar-refractivity contribution in [3.05, 3.63) is 40.2 Å². The second-order valence-electron chi connectivity index (χ2n) is 8.03. The molecule has 28 heavy (non-hydrogen) atoms. The number of aryl methyl sites for hydroxylation is 1. The maximum absolute atomic E-state index is 11.9. The summed E-state index contributed by atoms with van der Waals surface area (Å²) in [4.78, 5) is 23.4. The van der Waals surface area contributed by atoms with E-state index in [1.807, 2.05) is 20.8 Å². The van der Waals surface area contributed by atoms with Gasteiger partial charge in [0.05, 0.1) is 24.4 Å². The number of benzene rings is 1. The van der Waals surface area contributed by atoms with E-state index in [-0.39, 0.29) is 19.8 Å². The van der Waals surface area contributed by atoms with E-state index in [2.05, 4.69) is 0 Å². The first-order chi connectivity index (χ1) is 13.0. The van der Waals surface area contributed by atoms with Gasteiger partial charge in [-0.05, 0) is 52.3 Å². The molecular weight excluding hydrogens is 364 g/mol. The van der Waals surface area contributed by atoms with Crippen LogP contribution in [0.5, 0.6) is 5.75 Å². The lowest BCUT2D eigenvalue weighted by Gasteiger charge is -2.29. The van der Waals surface area contributed by atoms with Gasteiger partial charge in [0.2, 0.25) is 0 Å². The monoisotopic (exact) mass is 392 g/mol. The Bertz CT molecular complexity index is 874. The van der Waals surface area contributed by atoms with Gasteiger partial charge in [-0.1, -0.05) is 0 Å². The van der Waals surface area contributed by atoms with Gasteiger partial charge in [-0.2, -0.15) is 0 Å². The van der Waals surface area contributed by atoms with Crippen LogP contribution in [-0.2, 0) is 14.3 Å². The predicted molar refractivity (Wildman–Crippen MR) is 105 cm³/mol. The van der Waals surface area contributed by atoms with Crippen LogP contribution in [0.1, 0.15) is 39.7 Å². The maximum atomic E-state index is 11.9. The van der Waals surface area contributed by atoms with E-state index < -0.39 is 22.8 Å². The van der Waals surface area contributed by atoms with Gasteiger partial charge in [0.1, 0.15) is 11.3 Å². The van der Waals surface area contributed by atoms with Crippen LogP contribution < -0.4 is 10.4 Å². The molecule has 0 aliphatic rings. The SMILES string of the molecule is Cc1cc(=O)oc2cc(OCC(=O)OCCC(C)(C)OCC(C)(C)O)ccc12. The number of ether oxygens (including phenoxy) is 3. The lowest BCUT2D eigenvalue weighted by molar-refractivity contribution is -0.149. The van der Waals surface area contributed by atoms with Gasteiger partial charge in [0.15, 0.2) is 6.61 Å². The van der Waals surface area contributed by atoms with Crippen molar-refractivity contribution in [2.24, 2.45) is 0 Å². The molecule has 0 fully saturated rings. The molecule has 0 aliphatic carbocycles. The van der Waals surface area contributed by atoms with Crippen molar-refractivity contribution in [1.29, 1.82) is 0 Å². The maximum Gasteiger partial charge on any atom is 0.344 e. The highest BCUT2D eigenvalue weighted by molar-refractivity contribution is 5.81. The van der Waals surface area contributed by atoms with Crippen LogP contribution in [0.15, 0.2) is 33.5 Å². The Labute approximate surface area is 164 Å². The molecule has 1 heterocycles. The molecule has 0 radical (unpaired) electrons. The van der Waals surface area contributed by atoms with Gasteiger partial charge < -0.3 is 23.7 Å². The van der Waals surface area contributed by atoms with Crippen LogP contribution in [0.3, 0.4) is 0 Å². The Kier molecular flexibility index (Phi) is 6.85. The molecule has 154 valence electrons. The lowest BCUT2D eigenvalue weighted by Crippen LogP contribution is -2.35. The van der Waals surface area contributed by atoms with E-state index in [9.17, 15) is 14.7 Å². The summed E-state index contributed by atoms with van der Waals surface area (Å²) >= 11 is 0. The molecule has 7 heteroatoms. The zero-order valence-electron chi connectivity index (χ0n) is 17.0. The molecule has 0 bridgehead atoms. The number of hydrogen-bond donors (Lipinski definition) is 1. The number of fused-ring (bicyclic) bond motifs is 1. The van der Waals surface area contributed by atoms with E-state index in [0.717, 1.165) is 10.9 Å². The van der Waals surface area contributed by atoms with Gasteiger partial charge in [0.25, 0.3) is 0 Å². The molecule has 0 aliphatic heterocycles. The fourth-order valence-corrected chi connectivity index (χ4v) is 2.43. The first-order valence-electron chi connectivity index (χ1n) is 9.14. The Hall–Kier alpha value is -2.38. The first-order valence-corrected chi connectivity index (χ1v) is 9.14. The van der Waals surface area contributed by atoms with Crippen LogP contribution in [0.4, 0.5) is 0 Å². The number of rotatable bonds is 9. The number of esters is 1. The fourth-order valence-electron chi connectivity index (χ4n) is 2.43. The van der Waals surface area contributed by atoms with E-state index in [1.165, 1.54) is 6.07 Å². The van der Waals surface area contributed by atoms with Crippen molar-refractivity contribution < 1.29 is 28.5 Å². The van der Waals surface area contributed by atoms with Crippen molar-refractivity contribution in [2.75, 3.05) is 19.8 Å². The van der Waals surface area contributed by atoms with Crippen molar-refractivity contribution in [2.45, 2.75) is 52.2 Å². The highest BCUT2D eigenvalue weighted by Crippen LogP contribution is 2.22. The second-order valence-corrected chi connectivity index (χ2v) is 8.03. The summed E-state index contributed by atoms with van der Waals surface area (Å²) in [6, 6.07) is 6.48. The van der Waals surface area contributed by atoms with Gasteiger partial charge in [-0.15, -0.1) is 0 Å². The smallest absolute Gasteiger partial charge is 0.344 e. The van der Waals surface area contributed by atoms with Gasteiger partial charge in [-0.3, -0.25) is 0 Å². The number of carbonyl (C=O) groups excluding carboxylic acids is 1. The Morgan fingerprint density at radius 2 is 1.89 bits per heavy atom. The van der Waals surface area contributed by atoms with Gasteiger partial charge >= 0.3 is 11.6 Å². The average molecular weight is 392 g/mol. The number of aliphatic hydroxyl groups is 1. The molecule has 2 rings (SSSR count). The molecule has 7 nitrogen and oxygen atoms in total. The zero-order chi connectivity index (χ0) is 20.9. The summed E-state index contributed by atoms with van der Waals surface area (Å²) in [6.45, 7) is 9.00. The van der Waals surface area contributed by atoms with Crippen molar-refractivity contribution >= 4 is 16.9 Å². The number of carbonyl (C=O) groups is 1. The van der Waals surface area contributed by atoms with Gasteiger partial charge in [0, 0.05) is 23.9 Å². The van der Waals surface area contributed by atoms with Crippen molar-refractivity contribution in [1.82, 2.24) is 0 Å². The highest BCUT2D eigenvalue weighted by Gasteiger charge is 2.23. The third-order valence-electron chi connectivity index (χ3n) is 4.06. The third-order valence-corrected chi connectivity index (χ3v) is 4.06. The molecule has 0 atom stereocenters. The lowest BCUT2D eigenvalue weighted by atomic mass is 10.1. The van der Waals surface area contributed by atoms with E-state index in [4.69, 9.17) is 18.6 Å². The molecule has 0 spiro atoms. The Morgan fingerprint density at radius 3 is 2.57 bits per heavy atom. The van der Waals surface area contributed by atoms with Crippen molar-refractivity contribution in [3.63, 3.8) is 0 Å². The van der Waals surface area contributed by atoms with Crippen LogP contribution >= 0.6 is 0 Å². The first kappa shape index (κ1) is 21.9. The summed E-state index contributed by atoms with van der Waals surface area (Å²) in [5, 5.41) is 10.5. The Morgan fingerprint density at radius 1 is 1.18 bits per heavy atom. The van der Waals surface area contributed by atoms with Crippen LogP contribution in [0, 0.1) is 6.92 Å². The van der Waals surface area contributed by atoms with Gasteiger partial charge in [-0.25, -0.2) is 9.59 Å². The zero-order valence-corrected chi connectivity index (χ0v) is 17.0. The average Bonchev–Trinajstić information content (AvgIpc) is 2.57. The molecule has 0 saturated heterocycles. The summed E-state index contributed by atoms with van der Waals surface area (Å²) in [5.41, 5.74) is -0.669. The molecular formula is C21H28O7. The summed E-state index contributed by atoms with van der Waals surface area (Å²) in [7, 11) is 0. The minimum Gasteiger partial charge on any atom is -0.482 e. The van der Waals surface area contributed by atoms with Crippen LogP contribution in [0.2, 0.25) is 0 Å². The summed E-state index contributed by atoms with van der Waals surface area (Å²) in [6.07, 6.45) is 0.481. The summed E-state index contributed by atoms with van der Waals surface area (Å²) < 4.78 is 21.4. The predicted octanol–water partition coefficient (Wildman–Crippen LogP) is 2.98. The van der Waals surface area contributed by atoms with E-state index in [1.54, 1.807) is 32.0 Å². The molecule has 1 N–H and O–H groups in total. The topological polar surface area (TPSA) is 95.2 Å². The normalized spacial score (nSPS) is 12.2. The minimum absolute atomic E-state index is 0.173. The molecule has 2 aromatic rings. The largest absolute Gasteiger partial charge is 0.482 e. The van der Waals surface area contributed by atoms with Crippen LogP contribution in [-0.4, -0.2) is 42.1 Å². The molecule has 0 saturated carbocycles. The Balaban J connectivity index is 1.81. The third kappa shape index (κ3) is 6.98. The van der Waals surface area contributed by atoms with E-state index >= 15 is 0 Å². The highest BCUT2D eigenvalue weighted by atomic mass is 16.6. The molecule has 0 amide bonds. The van der Waals surface area contributed by atoms with E-state index in [0.29, 0.717) is 17.8 Å². The molecule has 0 unspecified atom stereocenters. The molecule has 1 aromatic carbocycles. The second kappa shape index (κ2) is 8.75. The van der Waals surface area contributed by atoms with Crippen LogP contribution in [0.25, 0.3) is 11.0 Å². The quantitative estimate of drug-likeness (QED) is 0.518. The molecule has 1 aromatic heterocycles. The summed E-state index contributed by atoms with van der Waals surface area (Å²) in [5.74, 6) is -0.101. The standard InChI is InChI=1S/C21H28O7/c1-14-10-18(22)28-17-11-15(6-7-16(14)17)26-12-19(23)25-9-8-21(4,5)27-13-20(2,3)24/h6-7,10-11,24H,8-9,12-13H2,1-5H3. The fraction of sp³-hybridized carbons (Fsp3) is 0.524. The minimum atomic E-state index is -0.917. The van der Waals surface area contributed by atoms with Crippen molar-refractivity contribution in [3.8, 4) is 5.75 Å².